The Morgan fingerprint density at radius 3 is 1.49 bits per heavy atom. The van der Waals surface area contributed by atoms with Crippen LogP contribution >= 0.6 is 0 Å². The van der Waals surface area contributed by atoms with E-state index in [0.29, 0.717) is 92.2 Å². The zero-order valence-electron chi connectivity index (χ0n) is 24.0. The van der Waals surface area contributed by atoms with Crippen LogP contribution in [0, 0.1) is 0 Å². The van der Waals surface area contributed by atoms with Crippen LogP contribution in [0.15, 0.2) is 48.5 Å². The van der Waals surface area contributed by atoms with Crippen molar-refractivity contribution in [1.29, 1.82) is 0 Å². The molecule has 2 aromatic rings. The first-order valence-electron chi connectivity index (χ1n) is 14.2. The molecule has 226 valence electrons. The summed E-state index contributed by atoms with van der Waals surface area (Å²) in [5.74, 6) is 0.163. The summed E-state index contributed by atoms with van der Waals surface area (Å²) in [7, 11) is 0. The number of alkyl carbamates (subject to hydrolysis) is 1. The predicted molar refractivity (Wildman–Crippen MR) is 153 cm³/mol. The van der Waals surface area contributed by atoms with Crippen molar-refractivity contribution in [2.24, 2.45) is 0 Å². The maximum atomic E-state index is 12.2. The number of rotatable bonds is 23. The summed E-state index contributed by atoms with van der Waals surface area (Å²) in [5.41, 5.74) is 4.78. The normalized spacial score (nSPS) is 12.2. The first kappa shape index (κ1) is 32.7. The van der Waals surface area contributed by atoms with Gasteiger partial charge in [0.15, 0.2) is 0 Å². The molecule has 2 aromatic carbocycles. The maximum absolute atomic E-state index is 12.2. The highest BCUT2D eigenvalue weighted by Crippen LogP contribution is 2.44. The van der Waals surface area contributed by atoms with Crippen LogP contribution in [0.25, 0.3) is 11.1 Å². The number of carbonyl (C=O) groups is 2. The third kappa shape index (κ3) is 12.7. The molecule has 10 nitrogen and oxygen atoms in total. The molecule has 0 spiro atoms. The Hall–Kier alpha value is -2.86. The summed E-state index contributed by atoms with van der Waals surface area (Å²) in [6, 6.07) is 16.5. The van der Waals surface area contributed by atoms with Crippen molar-refractivity contribution in [3.05, 3.63) is 59.7 Å². The van der Waals surface area contributed by atoms with E-state index in [1.165, 1.54) is 22.3 Å². The van der Waals surface area contributed by atoms with Gasteiger partial charge in [-0.05, 0) is 29.2 Å². The molecule has 10 heteroatoms. The number of carbonyl (C=O) groups excluding carboxylic acids is 2. The van der Waals surface area contributed by atoms with Crippen molar-refractivity contribution in [3.8, 4) is 11.1 Å². The van der Waals surface area contributed by atoms with Crippen molar-refractivity contribution >= 4 is 11.9 Å². The third-order valence-electron chi connectivity index (χ3n) is 6.32. The minimum atomic E-state index is -0.451. The topological polar surface area (TPSA) is 111 Å². The van der Waals surface area contributed by atoms with E-state index >= 15 is 0 Å². The van der Waals surface area contributed by atoms with Crippen molar-refractivity contribution in [1.82, 2.24) is 5.32 Å². The number of ether oxygens (including phenoxy) is 7. The van der Waals surface area contributed by atoms with E-state index in [1.54, 1.807) is 6.92 Å². The van der Waals surface area contributed by atoms with Gasteiger partial charge in [0.1, 0.15) is 12.4 Å². The molecule has 1 aliphatic rings. The number of nitrogens with one attached hydrogen (secondary N) is 1. The molecule has 0 unspecified atom stereocenters. The number of hydrogen-bond donors (Lipinski definition) is 1. The summed E-state index contributed by atoms with van der Waals surface area (Å²) in [6.45, 7) is 7.71. The van der Waals surface area contributed by atoms with E-state index in [1.807, 2.05) is 24.3 Å². The smallest absolute Gasteiger partial charge is 0.407 e. The summed E-state index contributed by atoms with van der Waals surface area (Å²) in [5, 5.41) is 2.73. The summed E-state index contributed by atoms with van der Waals surface area (Å²) in [4.78, 5) is 23.0. The number of benzene rings is 2. The minimum absolute atomic E-state index is 0.0413. The minimum Gasteiger partial charge on any atom is -0.449 e. The lowest BCUT2D eigenvalue weighted by Gasteiger charge is -2.14. The van der Waals surface area contributed by atoms with E-state index in [9.17, 15) is 9.59 Å². The molecule has 0 saturated carbocycles. The van der Waals surface area contributed by atoms with Gasteiger partial charge in [0.05, 0.1) is 79.3 Å². The fourth-order valence-electron chi connectivity index (χ4n) is 4.29. The van der Waals surface area contributed by atoms with Crippen molar-refractivity contribution in [3.63, 3.8) is 0 Å². The highest BCUT2D eigenvalue weighted by atomic mass is 16.6. The lowest BCUT2D eigenvalue weighted by Crippen LogP contribution is -2.29. The third-order valence-corrected chi connectivity index (χ3v) is 6.32. The first-order chi connectivity index (χ1) is 20.2. The van der Waals surface area contributed by atoms with Gasteiger partial charge in [0.2, 0.25) is 0 Å². The van der Waals surface area contributed by atoms with E-state index in [2.05, 4.69) is 29.6 Å². The van der Waals surface area contributed by atoms with Gasteiger partial charge >= 0.3 is 6.09 Å². The highest BCUT2D eigenvalue weighted by Gasteiger charge is 2.28. The van der Waals surface area contributed by atoms with Crippen molar-refractivity contribution in [2.45, 2.75) is 19.3 Å². The van der Waals surface area contributed by atoms with Crippen molar-refractivity contribution in [2.75, 3.05) is 92.4 Å². The second-order valence-corrected chi connectivity index (χ2v) is 9.38. The van der Waals surface area contributed by atoms with E-state index in [-0.39, 0.29) is 18.3 Å². The molecule has 1 N–H and O–H groups in total. The van der Waals surface area contributed by atoms with Crippen molar-refractivity contribution < 1.29 is 42.7 Å². The molecule has 0 fully saturated rings. The number of ketones is 1. The molecule has 0 saturated heterocycles. The zero-order chi connectivity index (χ0) is 29.0. The number of fused-ring (bicyclic) bond motifs is 3. The van der Waals surface area contributed by atoms with Gasteiger partial charge in [0, 0.05) is 18.9 Å². The van der Waals surface area contributed by atoms with Gasteiger partial charge in [-0.1, -0.05) is 48.5 Å². The average molecular weight is 574 g/mol. The van der Waals surface area contributed by atoms with Gasteiger partial charge in [-0.3, -0.25) is 4.79 Å². The predicted octanol–water partition coefficient (Wildman–Crippen LogP) is 3.60. The van der Waals surface area contributed by atoms with Gasteiger partial charge < -0.3 is 38.5 Å². The van der Waals surface area contributed by atoms with Crippen LogP contribution < -0.4 is 5.32 Å². The fourth-order valence-corrected chi connectivity index (χ4v) is 4.29. The quantitative estimate of drug-likeness (QED) is 0.199. The summed E-state index contributed by atoms with van der Waals surface area (Å²) >= 11 is 0. The summed E-state index contributed by atoms with van der Waals surface area (Å²) < 4.78 is 38.0. The molecule has 3 rings (SSSR count). The van der Waals surface area contributed by atoms with Gasteiger partial charge in [-0.15, -0.1) is 0 Å². The average Bonchev–Trinajstić information content (AvgIpc) is 3.30. The van der Waals surface area contributed by atoms with Crippen LogP contribution in [0.2, 0.25) is 0 Å². The van der Waals surface area contributed by atoms with Gasteiger partial charge in [-0.25, -0.2) is 4.79 Å². The van der Waals surface area contributed by atoms with Crippen LogP contribution in [-0.4, -0.2) is 104 Å². The molecule has 0 radical (unpaired) electrons. The van der Waals surface area contributed by atoms with Crippen LogP contribution in [0.4, 0.5) is 4.79 Å². The molecule has 0 heterocycles. The van der Waals surface area contributed by atoms with Crippen LogP contribution in [0.3, 0.4) is 0 Å². The van der Waals surface area contributed by atoms with Gasteiger partial charge in [0.25, 0.3) is 0 Å². The number of hydrogen-bond acceptors (Lipinski definition) is 9. The Morgan fingerprint density at radius 1 is 0.610 bits per heavy atom. The van der Waals surface area contributed by atoms with Gasteiger partial charge in [-0.2, -0.15) is 0 Å². The van der Waals surface area contributed by atoms with Crippen LogP contribution in [0.1, 0.15) is 30.4 Å². The molecular formula is C31H43NO9. The Balaban J connectivity index is 1.06. The Labute approximate surface area is 242 Å². The SMILES string of the molecule is CC(=O)CCOCCOCCOCCOCCOCCOCCNC(=O)OCC1c2ccccc2-c2ccccc21. The molecule has 41 heavy (non-hydrogen) atoms. The monoisotopic (exact) mass is 573 g/mol. The zero-order valence-corrected chi connectivity index (χ0v) is 24.0. The molecule has 0 aliphatic heterocycles. The number of amides is 1. The lowest BCUT2D eigenvalue weighted by molar-refractivity contribution is -0.118. The molecular weight excluding hydrogens is 530 g/mol. The van der Waals surface area contributed by atoms with E-state index in [0.717, 1.165) is 0 Å². The Bertz CT molecular complexity index is 987. The standard InChI is InChI=1S/C31H43NO9/c1-25(33)10-12-35-14-16-37-18-20-39-22-23-40-21-19-38-17-15-36-13-11-32-31(34)41-24-30-28-8-4-2-6-26(28)27-7-3-5-9-29(27)30/h2-9,30H,10-24H2,1H3,(H,32,34). The fraction of sp³-hybridized carbons (Fsp3) is 0.548. The Kier molecular flexibility index (Phi) is 16.0. The number of Topliss-reactive ketones (excluding diaryl/α,β-unsaturated/α-hetero) is 1. The molecule has 0 bridgehead atoms. The molecule has 0 atom stereocenters. The maximum Gasteiger partial charge on any atom is 0.407 e. The van der Waals surface area contributed by atoms with E-state index < -0.39 is 6.09 Å². The van der Waals surface area contributed by atoms with E-state index in [4.69, 9.17) is 33.2 Å². The highest BCUT2D eigenvalue weighted by molar-refractivity contribution is 5.79. The second kappa shape index (κ2) is 20.1. The molecule has 0 aromatic heterocycles. The Morgan fingerprint density at radius 2 is 1.02 bits per heavy atom. The second-order valence-electron chi connectivity index (χ2n) is 9.38. The lowest BCUT2D eigenvalue weighted by atomic mass is 9.98. The molecule has 1 amide bonds. The summed E-state index contributed by atoms with van der Waals surface area (Å²) in [6.07, 6.45) is -0.0138. The largest absolute Gasteiger partial charge is 0.449 e. The molecule has 1 aliphatic carbocycles. The van der Waals surface area contributed by atoms with Crippen LogP contribution in [-0.2, 0) is 38.0 Å². The first-order valence-corrected chi connectivity index (χ1v) is 14.2. The van der Waals surface area contributed by atoms with Crippen LogP contribution in [0.5, 0.6) is 0 Å².